The van der Waals surface area contributed by atoms with Gasteiger partial charge in [-0.1, -0.05) is 0 Å². The molecule has 6 nitrogen and oxygen atoms in total. The predicted molar refractivity (Wildman–Crippen MR) is 68.9 cm³/mol. The van der Waals surface area contributed by atoms with E-state index in [2.05, 4.69) is 32.1 Å². The summed E-state index contributed by atoms with van der Waals surface area (Å²) in [4.78, 5) is 12.9. The minimum atomic E-state index is 0.453. The molecule has 0 spiro atoms. The van der Waals surface area contributed by atoms with Crippen molar-refractivity contribution < 1.29 is 0 Å². The van der Waals surface area contributed by atoms with Crippen LogP contribution in [0.1, 0.15) is 0 Å². The molecule has 94 valence electrons. The number of nitrogens with one attached hydrogen (secondary N) is 1. The minimum Gasteiger partial charge on any atom is -0.382 e. The second kappa shape index (κ2) is 5.79. The molecule has 1 aromatic heterocycles. The molecular formula is C11H20N6. The molecule has 1 aromatic rings. The summed E-state index contributed by atoms with van der Waals surface area (Å²) in [5.74, 6) is 1.24. The molecule has 0 aromatic carbocycles. The first-order valence-electron chi connectivity index (χ1n) is 5.96. The summed E-state index contributed by atoms with van der Waals surface area (Å²) in [5.41, 5.74) is 5.47. The van der Waals surface area contributed by atoms with Crippen LogP contribution in [0, 0.1) is 0 Å². The fraction of sp³-hybridized carbons (Fsp3) is 0.636. The maximum absolute atomic E-state index is 5.47. The maximum atomic E-state index is 5.47. The molecule has 0 amide bonds. The number of nitrogen functional groups attached to an aromatic ring is 1. The van der Waals surface area contributed by atoms with Gasteiger partial charge >= 0.3 is 0 Å². The molecule has 2 heterocycles. The third-order valence-electron chi connectivity index (χ3n) is 3.00. The highest BCUT2D eigenvalue weighted by Crippen LogP contribution is 2.02. The van der Waals surface area contributed by atoms with Crippen LogP contribution in [0.5, 0.6) is 0 Å². The second-order valence-electron chi connectivity index (χ2n) is 4.40. The van der Waals surface area contributed by atoms with E-state index in [-0.39, 0.29) is 0 Å². The van der Waals surface area contributed by atoms with E-state index in [1.807, 2.05) is 0 Å². The molecule has 0 aliphatic carbocycles. The van der Waals surface area contributed by atoms with Crippen LogP contribution in [0.4, 0.5) is 11.6 Å². The molecule has 0 unspecified atom stereocenters. The van der Waals surface area contributed by atoms with E-state index in [1.54, 1.807) is 12.4 Å². The van der Waals surface area contributed by atoms with E-state index >= 15 is 0 Å². The fourth-order valence-corrected chi connectivity index (χ4v) is 1.84. The lowest BCUT2D eigenvalue weighted by molar-refractivity contribution is 0.158. The molecule has 0 bridgehead atoms. The number of hydrogen-bond donors (Lipinski definition) is 2. The van der Waals surface area contributed by atoms with Gasteiger partial charge in [0.25, 0.3) is 0 Å². The fourth-order valence-electron chi connectivity index (χ4n) is 1.84. The Kier molecular flexibility index (Phi) is 4.11. The Morgan fingerprint density at radius 2 is 2.00 bits per heavy atom. The van der Waals surface area contributed by atoms with Gasteiger partial charge in [-0.3, -0.25) is 4.90 Å². The molecule has 0 atom stereocenters. The van der Waals surface area contributed by atoms with Crippen molar-refractivity contribution >= 4 is 11.6 Å². The summed E-state index contributed by atoms with van der Waals surface area (Å²) in [6, 6.07) is 0. The lowest BCUT2D eigenvalue weighted by Crippen LogP contribution is -2.45. The van der Waals surface area contributed by atoms with Gasteiger partial charge in [-0.05, 0) is 7.05 Å². The van der Waals surface area contributed by atoms with E-state index in [4.69, 9.17) is 5.73 Å². The van der Waals surface area contributed by atoms with Crippen molar-refractivity contribution in [2.24, 2.45) is 0 Å². The first-order valence-corrected chi connectivity index (χ1v) is 5.96. The summed E-state index contributed by atoms with van der Waals surface area (Å²) in [5, 5.41) is 3.25. The summed E-state index contributed by atoms with van der Waals surface area (Å²) >= 11 is 0. The summed E-state index contributed by atoms with van der Waals surface area (Å²) in [6.07, 6.45) is 3.23. The Balaban J connectivity index is 1.67. The summed E-state index contributed by atoms with van der Waals surface area (Å²) in [6.45, 7) is 6.53. The maximum Gasteiger partial charge on any atom is 0.144 e. The third-order valence-corrected chi connectivity index (χ3v) is 3.00. The zero-order valence-electron chi connectivity index (χ0n) is 10.3. The Bertz CT molecular complexity index is 330. The molecule has 6 heteroatoms. The number of nitrogens with two attached hydrogens (primary N) is 1. The van der Waals surface area contributed by atoms with Crippen molar-refractivity contribution in [1.29, 1.82) is 0 Å². The van der Waals surface area contributed by atoms with Crippen molar-refractivity contribution in [3.8, 4) is 0 Å². The Morgan fingerprint density at radius 1 is 1.24 bits per heavy atom. The van der Waals surface area contributed by atoms with Crippen LogP contribution in [-0.4, -0.2) is 66.1 Å². The molecule has 1 aliphatic rings. The first-order chi connectivity index (χ1) is 8.24. The highest BCUT2D eigenvalue weighted by molar-refractivity contribution is 5.35. The van der Waals surface area contributed by atoms with Gasteiger partial charge in [-0.15, -0.1) is 0 Å². The highest BCUT2D eigenvalue weighted by Gasteiger charge is 2.12. The van der Waals surface area contributed by atoms with Crippen LogP contribution in [0.2, 0.25) is 0 Å². The Morgan fingerprint density at radius 3 is 2.65 bits per heavy atom. The smallest absolute Gasteiger partial charge is 0.144 e. The van der Waals surface area contributed by atoms with Gasteiger partial charge in [-0.2, -0.15) is 0 Å². The molecule has 0 saturated carbocycles. The number of anilines is 2. The number of hydrogen-bond acceptors (Lipinski definition) is 6. The van der Waals surface area contributed by atoms with Crippen LogP contribution in [-0.2, 0) is 0 Å². The monoisotopic (exact) mass is 236 g/mol. The summed E-state index contributed by atoms with van der Waals surface area (Å²) < 4.78 is 0. The average molecular weight is 236 g/mol. The van der Waals surface area contributed by atoms with Crippen molar-refractivity contribution in [2.75, 3.05) is 57.4 Å². The second-order valence-corrected chi connectivity index (χ2v) is 4.40. The van der Waals surface area contributed by atoms with Gasteiger partial charge in [0.15, 0.2) is 0 Å². The lowest BCUT2D eigenvalue weighted by atomic mass is 10.3. The molecule has 1 fully saturated rings. The number of aromatic nitrogens is 2. The van der Waals surface area contributed by atoms with Crippen LogP contribution < -0.4 is 11.1 Å². The molecule has 0 radical (unpaired) electrons. The third kappa shape index (κ3) is 3.83. The zero-order valence-corrected chi connectivity index (χ0v) is 10.3. The van der Waals surface area contributed by atoms with Crippen molar-refractivity contribution in [3.63, 3.8) is 0 Å². The normalized spacial score (nSPS) is 18.2. The molecule has 1 saturated heterocycles. The first kappa shape index (κ1) is 12.1. The topological polar surface area (TPSA) is 70.3 Å². The number of piperazine rings is 1. The van der Waals surface area contributed by atoms with Crippen LogP contribution in [0.3, 0.4) is 0 Å². The molecule has 2 rings (SSSR count). The van der Waals surface area contributed by atoms with Gasteiger partial charge < -0.3 is 16.0 Å². The quantitative estimate of drug-likeness (QED) is 0.749. The van der Waals surface area contributed by atoms with E-state index in [1.165, 1.54) is 0 Å². The van der Waals surface area contributed by atoms with Gasteiger partial charge in [0.1, 0.15) is 11.6 Å². The number of likely N-dealkylation sites (N-methyl/N-ethyl adjacent to an activating group) is 1. The van der Waals surface area contributed by atoms with Crippen LogP contribution >= 0.6 is 0 Å². The van der Waals surface area contributed by atoms with E-state index in [9.17, 15) is 0 Å². The highest BCUT2D eigenvalue weighted by atomic mass is 15.2. The van der Waals surface area contributed by atoms with Crippen molar-refractivity contribution in [2.45, 2.75) is 0 Å². The molecule has 3 N–H and O–H groups in total. The van der Waals surface area contributed by atoms with Gasteiger partial charge in [0.05, 0.1) is 12.4 Å². The van der Waals surface area contributed by atoms with Gasteiger partial charge in [-0.25, -0.2) is 9.97 Å². The average Bonchev–Trinajstić information content (AvgIpc) is 2.34. The van der Waals surface area contributed by atoms with E-state index in [0.29, 0.717) is 5.82 Å². The Hall–Kier alpha value is -1.40. The van der Waals surface area contributed by atoms with Gasteiger partial charge in [0, 0.05) is 39.3 Å². The van der Waals surface area contributed by atoms with E-state index in [0.717, 1.165) is 45.1 Å². The number of nitrogens with zero attached hydrogens (tertiary/aromatic N) is 4. The van der Waals surface area contributed by atoms with Crippen LogP contribution in [0.15, 0.2) is 12.4 Å². The SMILES string of the molecule is CN1CCN(CCNc2cnc(N)cn2)CC1. The molecule has 17 heavy (non-hydrogen) atoms. The minimum absolute atomic E-state index is 0.453. The lowest BCUT2D eigenvalue weighted by Gasteiger charge is -2.32. The van der Waals surface area contributed by atoms with Crippen LogP contribution in [0.25, 0.3) is 0 Å². The standard InChI is InChI=1S/C11H20N6/c1-16-4-6-17(7-5-16)3-2-13-11-9-14-10(12)8-15-11/h8-9H,2-7H2,1H3,(H2,12,14)(H,13,15). The summed E-state index contributed by atoms with van der Waals surface area (Å²) in [7, 11) is 2.17. The zero-order chi connectivity index (χ0) is 12.1. The molecule has 1 aliphatic heterocycles. The molecular weight excluding hydrogens is 216 g/mol. The largest absolute Gasteiger partial charge is 0.382 e. The van der Waals surface area contributed by atoms with Crippen molar-refractivity contribution in [1.82, 2.24) is 19.8 Å². The van der Waals surface area contributed by atoms with Gasteiger partial charge in [0.2, 0.25) is 0 Å². The van der Waals surface area contributed by atoms with Crippen molar-refractivity contribution in [3.05, 3.63) is 12.4 Å². The Labute approximate surface area is 102 Å². The van der Waals surface area contributed by atoms with E-state index < -0.39 is 0 Å². The predicted octanol–water partition coefficient (Wildman–Crippen LogP) is -0.282. The number of rotatable bonds is 4.